The van der Waals surface area contributed by atoms with Crippen molar-refractivity contribution in [3.8, 4) is 11.8 Å². The van der Waals surface area contributed by atoms with Gasteiger partial charge in [-0.15, -0.1) is 0 Å². The summed E-state index contributed by atoms with van der Waals surface area (Å²) in [4.78, 5) is 2.07. The molecule has 0 heterocycles. The van der Waals surface area contributed by atoms with Crippen molar-refractivity contribution >= 4 is 0 Å². The van der Waals surface area contributed by atoms with Crippen LogP contribution in [0.3, 0.4) is 0 Å². The zero-order valence-corrected chi connectivity index (χ0v) is 11.5. The molecule has 1 aromatic carbocycles. The standard InChI is InChI=1S/C14H21N3O2/c1-17(2)8-7-16-10-13(18)11-19-14-6-4-3-5-12(14)9-15/h3-6,13,16,18H,7-8,10-11H2,1-2H3. The third-order valence-corrected chi connectivity index (χ3v) is 2.55. The van der Waals surface area contributed by atoms with Crippen LogP contribution in [0.15, 0.2) is 24.3 Å². The lowest BCUT2D eigenvalue weighted by atomic mass is 10.2. The summed E-state index contributed by atoms with van der Waals surface area (Å²) in [6.45, 7) is 2.39. The van der Waals surface area contributed by atoms with Gasteiger partial charge in [0.25, 0.3) is 0 Å². The van der Waals surface area contributed by atoms with Gasteiger partial charge in [-0.25, -0.2) is 0 Å². The van der Waals surface area contributed by atoms with Gasteiger partial charge in [-0.05, 0) is 26.2 Å². The van der Waals surface area contributed by atoms with Crippen LogP contribution in [-0.4, -0.2) is 56.4 Å². The minimum atomic E-state index is -0.589. The molecule has 104 valence electrons. The monoisotopic (exact) mass is 263 g/mol. The Labute approximate surface area is 114 Å². The highest BCUT2D eigenvalue weighted by atomic mass is 16.5. The third-order valence-electron chi connectivity index (χ3n) is 2.55. The Bertz CT molecular complexity index is 415. The molecule has 0 aliphatic carbocycles. The number of benzene rings is 1. The molecule has 0 aliphatic rings. The first-order valence-corrected chi connectivity index (χ1v) is 6.29. The SMILES string of the molecule is CN(C)CCNCC(O)COc1ccccc1C#N. The molecule has 0 saturated carbocycles. The Hall–Kier alpha value is -1.61. The first kappa shape index (κ1) is 15.4. The molecule has 1 rings (SSSR count). The molecule has 0 spiro atoms. The number of para-hydroxylation sites is 1. The highest BCUT2D eigenvalue weighted by Gasteiger charge is 2.07. The fourth-order valence-electron chi connectivity index (χ4n) is 1.50. The number of aliphatic hydroxyl groups excluding tert-OH is 1. The van der Waals surface area contributed by atoms with Gasteiger partial charge in [-0.2, -0.15) is 5.26 Å². The normalized spacial score (nSPS) is 12.2. The van der Waals surface area contributed by atoms with Crippen LogP contribution in [0.4, 0.5) is 0 Å². The molecule has 0 saturated heterocycles. The number of ether oxygens (including phenoxy) is 1. The first-order valence-electron chi connectivity index (χ1n) is 6.29. The number of likely N-dealkylation sites (N-methyl/N-ethyl adjacent to an activating group) is 1. The Morgan fingerprint density at radius 1 is 1.42 bits per heavy atom. The average Bonchev–Trinajstić information content (AvgIpc) is 2.41. The van der Waals surface area contributed by atoms with E-state index in [0.29, 0.717) is 17.9 Å². The summed E-state index contributed by atoms with van der Waals surface area (Å²) < 4.78 is 5.45. The largest absolute Gasteiger partial charge is 0.489 e. The number of nitriles is 1. The van der Waals surface area contributed by atoms with E-state index in [1.165, 1.54) is 0 Å². The van der Waals surface area contributed by atoms with Gasteiger partial charge in [0.15, 0.2) is 0 Å². The van der Waals surface area contributed by atoms with Crippen molar-refractivity contribution in [2.45, 2.75) is 6.10 Å². The maximum absolute atomic E-state index is 9.76. The van der Waals surface area contributed by atoms with Gasteiger partial charge in [0.2, 0.25) is 0 Å². The van der Waals surface area contributed by atoms with Crippen LogP contribution >= 0.6 is 0 Å². The fourth-order valence-corrected chi connectivity index (χ4v) is 1.50. The van der Waals surface area contributed by atoms with Gasteiger partial charge in [0.1, 0.15) is 24.5 Å². The van der Waals surface area contributed by atoms with Crippen molar-refractivity contribution in [3.63, 3.8) is 0 Å². The van der Waals surface area contributed by atoms with Gasteiger partial charge in [0.05, 0.1) is 5.56 Å². The summed E-state index contributed by atoms with van der Waals surface area (Å²) >= 11 is 0. The van der Waals surface area contributed by atoms with E-state index < -0.39 is 6.10 Å². The van der Waals surface area contributed by atoms with E-state index >= 15 is 0 Å². The van der Waals surface area contributed by atoms with Gasteiger partial charge < -0.3 is 20.1 Å². The van der Waals surface area contributed by atoms with Crippen LogP contribution in [0.1, 0.15) is 5.56 Å². The van der Waals surface area contributed by atoms with Gasteiger partial charge in [-0.3, -0.25) is 0 Å². The van der Waals surface area contributed by atoms with Crippen molar-refractivity contribution in [2.75, 3.05) is 40.3 Å². The summed E-state index contributed by atoms with van der Waals surface area (Å²) in [5, 5.41) is 21.8. The molecule has 0 amide bonds. The van der Waals surface area contributed by atoms with Crippen molar-refractivity contribution in [1.82, 2.24) is 10.2 Å². The number of aliphatic hydroxyl groups is 1. The third kappa shape index (κ3) is 6.20. The fraction of sp³-hybridized carbons (Fsp3) is 0.500. The van der Waals surface area contributed by atoms with Crippen LogP contribution in [-0.2, 0) is 0 Å². The molecule has 1 atom stereocenters. The molecule has 19 heavy (non-hydrogen) atoms. The molecule has 0 aliphatic heterocycles. The zero-order valence-electron chi connectivity index (χ0n) is 11.5. The van der Waals surface area contributed by atoms with Crippen LogP contribution in [0, 0.1) is 11.3 Å². The minimum Gasteiger partial charge on any atom is -0.489 e. The van der Waals surface area contributed by atoms with E-state index in [1.54, 1.807) is 24.3 Å². The van der Waals surface area contributed by atoms with E-state index in [0.717, 1.165) is 13.1 Å². The predicted octanol–water partition coefficient (Wildman–Crippen LogP) is 0.449. The molecule has 0 aromatic heterocycles. The molecule has 5 heteroatoms. The summed E-state index contributed by atoms with van der Waals surface area (Å²) in [6, 6.07) is 9.06. The Morgan fingerprint density at radius 3 is 2.84 bits per heavy atom. The van der Waals surface area contributed by atoms with Crippen LogP contribution in [0.2, 0.25) is 0 Å². The van der Waals surface area contributed by atoms with E-state index in [1.807, 2.05) is 14.1 Å². The van der Waals surface area contributed by atoms with E-state index in [2.05, 4.69) is 16.3 Å². The van der Waals surface area contributed by atoms with E-state index in [-0.39, 0.29) is 6.61 Å². The van der Waals surface area contributed by atoms with Crippen molar-refractivity contribution < 1.29 is 9.84 Å². The number of nitrogens with one attached hydrogen (secondary N) is 1. The summed E-state index contributed by atoms with van der Waals surface area (Å²) in [5.41, 5.74) is 0.482. The molecule has 1 unspecified atom stereocenters. The lowest BCUT2D eigenvalue weighted by Gasteiger charge is -2.15. The second-order valence-electron chi connectivity index (χ2n) is 4.58. The molecule has 1 aromatic rings. The second-order valence-corrected chi connectivity index (χ2v) is 4.58. The van der Waals surface area contributed by atoms with E-state index in [4.69, 9.17) is 10.00 Å². The van der Waals surface area contributed by atoms with E-state index in [9.17, 15) is 5.11 Å². The topological polar surface area (TPSA) is 68.5 Å². The average molecular weight is 263 g/mol. The first-order chi connectivity index (χ1) is 9.13. The van der Waals surface area contributed by atoms with Crippen molar-refractivity contribution in [3.05, 3.63) is 29.8 Å². The summed E-state index contributed by atoms with van der Waals surface area (Å²) in [6.07, 6.45) is -0.589. The van der Waals surface area contributed by atoms with Gasteiger partial charge in [-0.1, -0.05) is 12.1 Å². The zero-order chi connectivity index (χ0) is 14.1. The smallest absolute Gasteiger partial charge is 0.137 e. The molecule has 0 fully saturated rings. The molecule has 0 bridgehead atoms. The van der Waals surface area contributed by atoms with Gasteiger partial charge in [0, 0.05) is 19.6 Å². The van der Waals surface area contributed by atoms with Crippen LogP contribution in [0.5, 0.6) is 5.75 Å². The highest BCUT2D eigenvalue weighted by Crippen LogP contribution is 2.16. The summed E-state index contributed by atoms with van der Waals surface area (Å²) in [5.74, 6) is 0.511. The van der Waals surface area contributed by atoms with Gasteiger partial charge >= 0.3 is 0 Å². The Morgan fingerprint density at radius 2 is 2.16 bits per heavy atom. The molecule has 2 N–H and O–H groups in total. The summed E-state index contributed by atoms with van der Waals surface area (Å²) in [7, 11) is 4.00. The molecule has 0 radical (unpaired) electrons. The Kier molecular flexibility index (Phi) is 6.90. The lowest BCUT2D eigenvalue weighted by molar-refractivity contribution is 0.106. The number of rotatable bonds is 8. The lowest BCUT2D eigenvalue weighted by Crippen LogP contribution is -2.35. The van der Waals surface area contributed by atoms with Crippen molar-refractivity contribution in [1.29, 1.82) is 5.26 Å². The maximum Gasteiger partial charge on any atom is 0.137 e. The number of hydrogen-bond donors (Lipinski definition) is 2. The molecular formula is C14H21N3O2. The maximum atomic E-state index is 9.76. The van der Waals surface area contributed by atoms with Crippen LogP contribution < -0.4 is 10.1 Å². The minimum absolute atomic E-state index is 0.174. The highest BCUT2D eigenvalue weighted by molar-refractivity contribution is 5.42. The second kappa shape index (κ2) is 8.48. The molecular weight excluding hydrogens is 242 g/mol. The Balaban J connectivity index is 2.26. The number of nitrogens with zero attached hydrogens (tertiary/aromatic N) is 2. The molecule has 5 nitrogen and oxygen atoms in total. The quantitative estimate of drug-likeness (QED) is 0.667. The predicted molar refractivity (Wildman–Crippen MR) is 74.1 cm³/mol. The van der Waals surface area contributed by atoms with Crippen molar-refractivity contribution in [2.24, 2.45) is 0 Å². The van der Waals surface area contributed by atoms with Crippen LogP contribution in [0.25, 0.3) is 0 Å². The number of hydrogen-bond acceptors (Lipinski definition) is 5.